The molecule has 2 aliphatic rings. The van der Waals surface area contributed by atoms with Gasteiger partial charge in [0.25, 0.3) is 17.7 Å². The van der Waals surface area contributed by atoms with Crippen LogP contribution in [0.2, 0.25) is 0 Å². The van der Waals surface area contributed by atoms with Crippen molar-refractivity contribution in [3.8, 4) is 0 Å². The van der Waals surface area contributed by atoms with Gasteiger partial charge in [-0.05, 0) is 37.0 Å². The molecule has 2 aliphatic heterocycles. The summed E-state index contributed by atoms with van der Waals surface area (Å²) in [5.74, 6) is -0.662. The molecule has 6 nitrogen and oxygen atoms in total. The van der Waals surface area contributed by atoms with Crippen LogP contribution < -0.4 is 5.32 Å². The van der Waals surface area contributed by atoms with E-state index in [1.54, 1.807) is 12.1 Å². The van der Waals surface area contributed by atoms with Crippen molar-refractivity contribution in [2.24, 2.45) is 5.92 Å². The third-order valence-corrected chi connectivity index (χ3v) is 4.29. The van der Waals surface area contributed by atoms with Crippen molar-refractivity contribution in [3.63, 3.8) is 0 Å². The van der Waals surface area contributed by atoms with Gasteiger partial charge in [0.05, 0.1) is 17.2 Å². The first-order chi connectivity index (χ1) is 11.5. The summed E-state index contributed by atoms with van der Waals surface area (Å²) in [7, 11) is 0. The summed E-state index contributed by atoms with van der Waals surface area (Å²) < 4.78 is 5.48. The van der Waals surface area contributed by atoms with E-state index in [-0.39, 0.29) is 29.7 Å². The number of hydrogen-bond acceptors (Lipinski definition) is 4. The Morgan fingerprint density at radius 3 is 2.71 bits per heavy atom. The molecule has 1 aromatic carbocycles. The molecule has 2 heterocycles. The second kappa shape index (κ2) is 6.73. The summed E-state index contributed by atoms with van der Waals surface area (Å²) in [6.07, 6.45) is 2.02. The molecule has 1 unspecified atom stereocenters. The molecule has 0 bridgehead atoms. The fourth-order valence-corrected chi connectivity index (χ4v) is 3.08. The van der Waals surface area contributed by atoms with Gasteiger partial charge in [-0.1, -0.05) is 13.8 Å². The van der Waals surface area contributed by atoms with Crippen molar-refractivity contribution in [2.75, 3.05) is 19.7 Å². The summed E-state index contributed by atoms with van der Waals surface area (Å²) >= 11 is 0. The van der Waals surface area contributed by atoms with E-state index in [1.807, 2.05) is 13.8 Å². The van der Waals surface area contributed by atoms with E-state index in [4.69, 9.17) is 4.74 Å². The lowest BCUT2D eigenvalue weighted by molar-refractivity contribution is 0.0636. The maximum atomic E-state index is 12.4. The van der Waals surface area contributed by atoms with E-state index in [0.717, 1.165) is 19.4 Å². The number of carbonyl (C=O) groups excluding carboxylic acids is 3. The van der Waals surface area contributed by atoms with Gasteiger partial charge >= 0.3 is 0 Å². The second-order valence-electron chi connectivity index (χ2n) is 6.72. The monoisotopic (exact) mass is 330 g/mol. The molecule has 1 atom stereocenters. The first kappa shape index (κ1) is 16.6. The SMILES string of the molecule is CC(C)CN1C(=O)c2ccc(C(=O)NCC3CCCO3)cc2C1=O. The highest BCUT2D eigenvalue weighted by Crippen LogP contribution is 2.25. The van der Waals surface area contributed by atoms with Crippen LogP contribution in [0.1, 0.15) is 57.8 Å². The Bertz CT molecular complexity index is 678. The summed E-state index contributed by atoms with van der Waals surface area (Å²) in [6, 6.07) is 4.67. The molecule has 6 heteroatoms. The molecule has 0 aromatic heterocycles. The number of amides is 3. The zero-order chi connectivity index (χ0) is 17.3. The Kier molecular flexibility index (Phi) is 4.66. The third kappa shape index (κ3) is 3.19. The summed E-state index contributed by atoms with van der Waals surface area (Å²) in [6.45, 7) is 5.48. The minimum Gasteiger partial charge on any atom is -0.376 e. The van der Waals surface area contributed by atoms with Crippen LogP contribution in [0.3, 0.4) is 0 Å². The molecule has 128 valence electrons. The van der Waals surface area contributed by atoms with Crippen LogP contribution in [0.4, 0.5) is 0 Å². The lowest BCUT2D eigenvalue weighted by Crippen LogP contribution is -2.33. The van der Waals surface area contributed by atoms with Crippen LogP contribution in [-0.4, -0.2) is 48.4 Å². The quantitative estimate of drug-likeness (QED) is 0.836. The van der Waals surface area contributed by atoms with E-state index in [9.17, 15) is 14.4 Å². The highest BCUT2D eigenvalue weighted by Gasteiger charge is 2.36. The van der Waals surface area contributed by atoms with Crippen LogP contribution >= 0.6 is 0 Å². The molecule has 1 aromatic rings. The Morgan fingerprint density at radius 1 is 1.29 bits per heavy atom. The van der Waals surface area contributed by atoms with Crippen LogP contribution in [0.15, 0.2) is 18.2 Å². The lowest BCUT2D eigenvalue weighted by atomic mass is 10.1. The van der Waals surface area contributed by atoms with E-state index >= 15 is 0 Å². The molecule has 0 radical (unpaired) electrons. The van der Waals surface area contributed by atoms with Gasteiger partial charge in [-0.3, -0.25) is 19.3 Å². The predicted octanol–water partition coefficient (Wildman–Crippen LogP) is 1.85. The van der Waals surface area contributed by atoms with Gasteiger partial charge < -0.3 is 10.1 Å². The smallest absolute Gasteiger partial charge is 0.261 e. The predicted molar refractivity (Wildman–Crippen MR) is 88.0 cm³/mol. The Hall–Kier alpha value is -2.21. The van der Waals surface area contributed by atoms with Gasteiger partial charge in [-0.15, -0.1) is 0 Å². The van der Waals surface area contributed by atoms with Crippen molar-refractivity contribution >= 4 is 17.7 Å². The number of ether oxygens (including phenoxy) is 1. The van der Waals surface area contributed by atoms with Crippen LogP contribution in [0.25, 0.3) is 0 Å². The van der Waals surface area contributed by atoms with Gasteiger partial charge in [-0.2, -0.15) is 0 Å². The number of hydrogen-bond donors (Lipinski definition) is 1. The first-order valence-corrected chi connectivity index (χ1v) is 8.37. The summed E-state index contributed by atoms with van der Waals surface area (Å²) in [4.78, 5) is 38.3. The van der Waals surface area contributed by atoms with E-state index in [1.165, 1.54) is 11.0 Å². The zero-order valence-corrected chi connectivity index (χ0v) is 14.0. The number of nitrogens with zero attached hydrogens (tertiary/aromatic N) is 1. The van der Waals surface area contributed by atoms with E-state index in [0.29, 0.717) is 29.8 Å². The molecule has 24 heavy (non-hydrogen) atoms. The van der Waals surface area contributed by atoms with E-state index < -0.39 is 0 Å². The normalized spacial score (nSPS) is 20.0. The van der Waals surface area contributed by atoms with Crippen molar-refractivity contribution < 1.29 is 19.1 Å². The number of rotatable bonds is 5. The lowest BCUT2D eigenvalue weighted by Gasteiger charge is -2.15. The van der Waals surface area contributed by atoms with Crippen molar-refractivity contribution in [1.29, 1.82) is 0 Å². The van der Waals surface area contributed by atoms with Gasteiger partial charge in [0.1, 0.15) is 0 Å². The molecular weight excluding hydrogens is 308 g/mol. The molecule has 1 saturated heterocycles. The Balaban J connectivity index is 1.72. The van der Waals surface area contributed by atoms with Gasteiger partial charge in [0.2, 0.25) is 0 Å². The Morgan fingerprint density at radius 2 is 2.04 bits per heavy atom. The van der Waals surface area contributed by atoms with Crippen molar-refractivity contribution in [1.82, 2.24) is 10.2 Å². The molecule has 1 fully saturated rings. The fraction of sp³-hybridized carbons (Fsp3) is 0.500. The molecule has 0 aliphatic carbocycles. The summed E-state index contributed by atoms with van der Waals surface area (Å²) in [5, 5.41) is 2.83. The standard InChI is InChI=1S/C18H22N2O4/c1-11(2)10-20-17(22)14-6-5-12(8-15(14)18(20)23)16(21)19-9-13-4-3-7-24-13/h5-6,8,11,13H,3-4,7,9-10H2,1-2H3,(H,19,21). The fourth-order valence-electron chi connectivity index (χ4n) is 3.08. The molecule has 0 spiro atoms. The zero-order valence-electron chi connectivity index (χ0n) is 14.0. The van der Waals surface area contributed by atoms with Crippen molar-refractivity contribution in [2.45, 2.75) is 32.8 Å². The minimum atomic E-state index is -0.322. The second-order valence-corrected chi connectivity index (χ2v) is 6.72. The molecular formula is C18H22N2O4. The van der Waals surface area contributed by atoms with Crippen LogP contribution in [0, 0.1) is 5.92 Å². The number of benzene rings is 1. The average molecular weight is 330 g/mol. The van der Waals surface area contributed by atoms with Gasteiger partial charge in [0.15, 0.2) is 0 Å². The third-order valence-electron chi connectivity index (χ3n) is 4.29. The number of imide groups is 1. The number of nitrogens with one attached hydrogen (secondary N) is 1. The highest BCUT2D eigenvalue weighted by atomic mass is 16.5. The summed E-state index contributed by atoms with van der Waals surface area (Å²) in [5.41, 5.74) is 1.07. The largest absolute Gasteiger partial charge is 0.376 e. The van der Waals surface area contributed by atoms with Gasteiger partial charge in [0, 0.05) is 25.3 Å². The Labute approximate surface area is 141 Å². The topological polar surface area (TPSA) is 75.7 Å². The minimum absolute atomic E-state index is 0.0631. The molecule has 3 rings (SSSR count). The van der Waals surface area contributed by atoms with E-state index in [2.05, 4.69) is 5.32 Å². The number of carbonyl (C=O) groups is 3. The van der Waals surface area contributed by atoms with Crippen molar-refractivity contribution in [3.05, 3.63) is 34.9 Å². The maximum absolute atomic E-state index is 12.4. The molecule has 3 amide bonds. The highest BCUT2D eigenvalue weighted by molar-refractivity contribution is 6.22. The number of fused-ring (bicyclic) bond motifs is 1. The maximum Gasteiger partial charge on any atom is 0.261 e. The average Bonchev–Trinajstić information content (AvgIpc) is 3.15. The first-order valence-electron chi connectivity index (χ1n) is 8.37. The van der Waals surface area contributed by atoms with Gasteiger partial charge in [-0.25, -0.2) is 0 Å². The van der Waals surface area contributed by atoms with Crippen LogP contribution in [0.5, 0.6) is 0 Å². The molecule has 0 saturated carbocycles. The van der Waals surface area contributed by atoms with Crippen LogP contribution in [-0.2, 0) is 4.74 Å². The molecule has 1 N–H and O–H groups in total.